The van der Waals surface area contributed by atoms with Gasteiger partial charge >= 0.3 is 5.97 Å². The van der Waals surface area contributed by atoms with Crippen molar-refractivity contribution in [2.24, 2.45) is 11.3 Å². The highest BCUT2D eigenvalue weighted by Gasteiger charge is 2.31. The third-order valence-electron chi connectivity index (χ3n) is 5.41. The van der Waals surface area contributed by atoms with Crippen molar-refractivity contribution in [3.05, 3.63) is 27.6 Å². The average molecular weight is 377 g/mol. The van der Waals surface area contributed by atoms with Gasteiger partial charge in [0.1, 0.15) is 17.5 Å². The van der Waals surface area contributed by atoms with E-state index in [-0.39, 0.29) is 24.2 Å². The standard InChI is InChI=1S/C20H28N2O3S/c1-5-15-10-16-18(26-15)21-12-22(19(16)24)11-17(23)25-14-8-6-13(7-9-14)20(2,3)4/h10,12-14H,5-9,11H2,1-4H3. The van der Waals surface area contributed by atoms with Crippen molar-refractivity contribution in [3.8, 4) is 0 Å². The number of esters is 1. The van der Waals surface area contributed by atoms with Crippen molar-refractivity contribution < 1.29 is 9.53 Å². The number of aromatic nitrogens is 2. The summed E-state index contributed by atoms with van der Waals surface area (Å²) in [5.74, 6) is 0.330. The molecule has 2 aromatic heterocycles. The number of rotatable bonds is 4. The first kappa shape index (κ1) is 19.1. The predicted octanol–water partition coefficient (Wildman–Crippen LogP) is 4.17. The summed E-state index contributed by atoms with van der Waals surface area (Å²) >= 11 is 1.53. The lowest BCUT2D eigenvalue weighted by Crippen LogP contribution is -2.32. The second-order valence-corrected chi connectivity index (χ2v) is 9.41. The van der Waals surface area contributed by atoms with Crippen molar-refractivity contribution in [2.75, 3.05) is 0 Å². The van der Waals surface area contributed by atoms with E-state index in [1.807, 2.05) is 6.07 Å². The summed E-state index contributed by atoms with van der Waals surface area (Å²) in [5, 5.41) is 0.591. The molecule has 0 bridgehead atoms. The fourth-order valence-corrected chi connectivity index (χ4v) is 4.63. The summed E-state index contributed by atoms with van der Waals surface area (Å²) in [7, 11) is 0. The lowest BCUT2D eigenvalue weighted by atomic mass is 9.72. The Morgan fingerprint density at radius 3 is 2.62 bits per heavy atom. The average Bonchev–Trinajstić information content (AvgIpc) is 3.01. The van der Waals surface area contributed by atoms with E-state index in [2.05, 4.69) is 32.7 Å². The Hall–Kier alpha value is -1.69. The first-order chi connectivity index (χ1) is 12.3. The van der Waals surface area contributed by atoms with Crippen LogP contribution in [0.15, 0.2) is 17.2 Å². The lowest BCUT2D eigenvalue weighted by Gasteiger charge is -2.36. The van der Waals surface area contributed by atoms with Gasteiger partial charge < -0.3 is 4.74 Å². The Morgan fingerprint density at radius 1 is 1.31 bits per heavy atom. The van der Waals surface area contributed by atoms with E-state index in [1.54, 1.807) is 0 Å². The maximum Gasteiger partial charge on any atom is 0.326 e. The van der Waals surface area contributed by atoms with Crippen molar-refractivity contribution in [1.82, 2.24) is 9.55 Å². The number of hydrogen-bond acceptors (Lipinski definition) is 5. The van der Waals surface area contributed by atoms with Gasteiger partial charge in [0, 0.05) is 4.88 Å². The van der Waals surface area contributed by atoms with E-state index in [0.29, 0.717) is 16.7 Å². The van der Waals surface area contributed by atoms with Gasteiger partial charge in [0.15, 0.2) is 0 Å². The lowest BCUT2D eigenvalue weighted by molar-refractivity contribution is -0.152. The molecule has 0 aromatic carbocycles. The number of nitrogens with zero attached hydrogens (tertiary/aromatic N) is 2. The maximum absolute atomic E-state index is 12.6. The van der Waals surface area contributed by atoms with E-state index in [9.17, 15) is 9.59 Å². The van der Waals surface area contributed by atoms with E-state index >= 15 is 0 Å². The molecule has 2 heterocycles. The van der Waals surface area contributed by atoms with Crippen molar-refractivity contribution in [1.29, 1.82) is 0 Å². The van der Waals surface area contributed by atoms with Crippen LogP contribution in [0.2, 0.25) is 0 Å². The predicted molar refractivity (Wildman–Crippen MR) is 105 cm³/mol. The minimum absolute atomic E-state index is 0.0265. The summed E-state index contributed by atoms with van der Waals surface area (Å²) < 4.78 is 6.98. The van der Waals surface area contributed by atoms with E-state index in [0.717, 1.165) is 41.8 Å². The second-order valence-electron chi connectivity index (χ2n) is 8.29. The number of carbonyl (C=O) groups excluding carboxylic acids is 1. The fraction of sp³-hybridized carbons (Fsp3) is 0.650. The van der Waals surface area contributed by atoms with Crippen molar-refractivity contribution >= 4 is 27.5 Å². The number of aryl methyl sites for hydroxylation is 1. The third-order valence-corrected chi connectivity index (χ3v) is 6.60. The second kappa shape index (κ2) is 7.51. The van der Waals surface area contributed by atoms with Gasteiger partial charge in [0.25, 0.3) is 5.56 Å². The molecule has 0 saturated heterocycles. The highest BCUT2D eigenvalue weighted by Crippen LogP contribution is 2.38. The van der Waals surface area contributed by atoms with Crippen LogP contribution in [0.1, 0.15) is 58.3 Å². The Morgan fingerprint density at radius 2 is 2.00 bits per heavy atom. The molecule has 0 spiro atoms. The van der Waals surface area contributed by atoms with Crippen LogP contribution < -0.4 is 5.56 Å². The zero-order chi connectivity index (χ0) is 18.9. The number of fused-ring (bicyclic) bond motifs is 1. The number of hydrogen-bond donors (Lipinski definition) is 0. The number of carbonyl (C=O) groups is 1. The smallest absolute Gasteiger partial charge is 0.326 e. The normalized spacial score (nSPS) is 21.1. The minimum Gasteiger partial charge on any atom is -0.461 e. The largest absolute Gasteiger partial charge is 0.461 e. The monoisotopic (exact) mass is 376 g/mol. The molecule has 0 radical (unpaired) electrons. The molecule has 26 heavy (non-hydrogen) atoms. The Kier molecular flexibility index (Phi) is 5.51. The van der Waals surface area contributed by atoms with E-state index < -0.39 is 0 Å². The summed E-state index contributed by atoms with van der Waals surface area (Å²) in [6, 6.07) is 1.88. The van der Waals surface area contributed by atoms with Crippen LogP contribution in [0.5, 0.6) is 0 Å². The van der Waals surface area contributed by atoms with Crippen molar-refractivity contribution in [3.63, 3.8) is 0 Å². The van der Waals surface area contributed by atoms with Crippen LogP contribution in [0.3, 0.4) is 0 Å². The molecule has 0 amide bonds. The summed E-state index contributed by atoms with van der Waals surface area (Å²) in [6.07, 6.45) is 6.29. The molecular weight excluding hydrogens is 348 g/mol. The topological polar surface area (TPSA) is 61.2 Å². The molecule has 0 aliphatic heterocycles. The van der Waals surface area contributed by atoms with Gasteiger partial charge in [-0.1, -0.05) is 27.7 Å². The molecule has 1 aliphatic rings. The zero-order valence-corrected chi connectivity index (χ0v) is 16.9. The number of ether oxygens (including phenoxy) is 1. The molecule has 1 saturated carbocycles. The first-order valence-corrected chi connectivity index (χ1v) is 10.3. The van der Waals surface area contributed by atoms with Gasteiger partial charge in [0.05, 0.1) is 11.7 Å². The molecule has 2 aromatic rings. The fourth-order valence-electron chi connectivity index (χ4n) is 3.71. The van der Waals surface area contributed by atoms with Crippen LogP contribution in [-0.2, 0) is 22.5 Å². The van der Waals surface area contributed by atoms with Gasteiger partial charge in [0.2, 0.25) is 0 Å². The summed E-state index contributed by atoms with van der Waals surface area (Å²) in [4.78, 5) is 31.0. The molecule has 1 aliphatic carbocycles. The molecule has 142 valence electrons. The molecule has 0 unspecified atom stereocenters. The van der Waals surface area contributed by atoms with E-state index in [4.69, 9.17) is 4.74 Å². The van der Waals surface area contributed by atoms with Crippen molar-refractivity contribution in [2.45, 2.75) is 72.4 Å². The van der Waals surface area contributed by atoms with Gasteiger partial charge in [-0.05, 0) is 49.5 Å². The molecule has 1 fully saturated rings. The zero-order valence-electron chi connectivity index (χ0n) is 16.1. The Labute approximate surface area is 158 Å². The SMILES string of the molecule is CCc1cc2c(=O)n(CC(=O)OC3CCC(C(C)(C)C)CC3)cnc2s1. The molecule has 6 heteroatoms. The highest BCUT2D eigenvalue weighted by molar-refractivity contribution is 7.18. The molecule has 5 nitrogen and oxygen atoms in total. The maximum atomic E-state index is 12.6. The third kappa shape index (κ3) is 4.17. The number of thiophene rings is 1. The minimum atomic E-state index is -0.349. The van der Waals surface area contributed by atoms with Crippen LogP contribution in [-0.4, -0.2) is 21.6 Å². The highest BCUT2D eigenvalue weighted by atomic mass is 32.1. The van der Waals surface area contributed by atoms with Crippen LogP contribution >= 0.6 is 11.3 Å². The molecule has 3 rings (SSSR count). The van der Waals surface area contributed by atoms with Gasteiger partial charge in [-0.25, -0.2) is 4.98 Å². The van der Waals surface area contributed by atoms with Gasteiger partial charge in [-0.3, -0.25) is 14.2 Å². The van der Waals surface area contributed by atoms with Gasteiger partial charge in [-0.2, -0.15) is 0 Å². The quantitative estimate of drug-likeness (QED) is 0.752. The summed E-state index contributed by atoms with van der Waals surface area (Å²) in [6.45, 7) is 8.79. The molecule has 0 N–H and O–H groups in total. The van der Waals surface area contributed by atoms with Gasteiger partial charge in [-0.15, -0.1) is 11.3 Å². The Bertz CT molecular complexity index is 839. The molecule has 0 atom stereocenters. The van der Waals surface area contributed by atoms with Crippen LogP contribution in [0, 0.1) is 11.3 Å². The van der Waals surface area contributed by atoms with E-state index in [1.165, 1.54) is 22.2 Å². The van der Waals surface area contributed by atoms with Crippen LogP contribution in [0.25, 0.3) is 10.2 Å². The molecular formula is C20H28N2O3S. The Balaban J connectivity index is 1.61. The first-order valence-electron chi connectivity index (χ1n) is 9.45. The summed E-state index contributed by atoms with van der Waals surface area (Å²) in [5.41, 5.74) is 0.140. The van der Waals surface area contributed by atoms with Crippen LogP contribution in [0.4, 0.5) is 0 Å².